The molecule has 2 rings (SSSR count). The first-order chi connectivity index (χ1) is 7.58. The molecule has 0 spiro atoms. The van der Waals surface area contributed by atoms with Crippen LogP contribution in [0, 0.1) is 11.8 Å². The average Bonchev–Trinajstić information content (AvgIpc) is 2.66. The van der Waals surface area contributed by atoms with Crippen molar-refractivity contribution in [1.29, 1.82) is 0 Å². The summed E-state index contributed by atoms with van der Waals surface area (Å²) in [6, 6.07) is 2.06. The summed E-state index contributed by atoms with van der Waals surface area (Å²) in [5.41, 5.74) is 0. The van der Waals surface area contributed by atoms with E-state index in [2.05, 4.69) is 61.7 Å². The summed E-state index contributed by atoms with van der Waals surface area (Å²) in [6.07, 6.45) is 3.14. The summed E-state index contributed by atoms with van der Waals surface area (Å²) in [6.45, 7) is 6.86. The normalized spacial score (nSPS) is 20.8. The monoisotopic (exact) mass is 346 g/mol. The molecule has 4 heteroatoms. The van der Waals surface area contributed by atoms with Crippen LogP contribution in [0.4, 0.5) is 5.82 Å². The van der Waals surface area contributed by atoms with Crippen LogP contribution in [-0.2, 0) is 0 Å². The van der Waals surface area contributed by atoms with E-state index in [1.165, 1.54) is 6.42 Å². The van der Waals surface area contributed by atoms with E-state index in [1.807, 2.05) is 6.20 Å². The van der Waals surface area contributed by atoms with Gasteiger partial charge in [-0.1, -0.05) is 13.8 Å². The quantitative estimate of drug-likeness (QED) is 0.801. The second-order valence-corrected chi connectivity index (χ2v) is 6.47. The summed E-state index contributed by atoms with van der Waals surface area (Å²) in [5, 5.41) is 0. The third-order valence-corrected chi connectivity index (χ3v) is 4.27. The van der Waals surface area contributed by atoms with Crippen LogP contribution >= 0.6 is 31.9 Å². The standard InChI is InChI=1S/C12H16Br2N2/c1-8(2)9-3-4-16(7-9)12-11(14)5-10(13)6-15-12/h5-6,8-9H,3-4,7H2,1-2H3. The van der Waals surface area contributed by atoms with E-state index in [0.29, 0.717) is 0 Å². The van der Waals surface area contributed by atoms with Crippen molar-refractivity contribution in [3.63, 3.8) is 0 Å². The molecule has 1 aliphatic rings. The van der Waals surface area contributed by atoms with Crippen molar-refractivity contribution in [3.8, 4) is 0 Å². The molecule has 1 unspecified atom stereocenters. The molecule has 1 aromatic heterocycles. The van der Waals surface area contributed by atoms with Gasteiger partial charge in [0.15, 0.2) is 0 Å². The summed E-state index contributed by atoms with van der Waals surface area (Å²) < 4.78 is 2.09. The Bertz CT molecular complexity index is 379. The van der Waals surface area contributed by atoms with Crippen LogP contribution in [0.3, 0.4) is 0 Å². The van der Waals surface area contributed by atoms with Crippen LogP contribution in [-0.4, -0.2) is 18.1 Å². The molecule has 1 aliphatic heterocycles. The van der Waals surface area contributed by atoms with E-state index >= 15 is 0 Å². The number of nitrogens with zero attached hydrogens (tertiary/aromatic N) is 2. The minimum Gasteiger partial charge on any atom is -0.355 e. The zero-order chi connectivity index (χ0) is 11.7. The number of rotatable bonds is 2. The van der Waals surface area contributed by atoms with E-state index in [0.717, 1.165) is 39.7 Å². The van der Waals surface area contributed by atoms with Gasteiger partial charge in [-0.25, -0.2) is 4.98 Å². The lowest BCUT2D eigenvalue weighted by Crippen LogP contribution is -2.22. The smallest absolute Gasteiger partial charge is 0.142 e. The van der Waals surface area contributed by atoms with Crippen LogP contribution in [0.25, 0.3) is 0 Å². The van der Waals surface area contributed by atoms with Crippen LogP contribution in [0.5, 0.6) is 0 Å². The van der Waals surface area contributed by atoms with Gasteiger partial charge >= 0.3 is 0 Å². The average molecular weight is 348 g/mol. The SMILES string of the molecule is CC(C)C1CCN(c2ncc(Br)cc2Br)C1. The third kappa shape index (κ3) is 2.59. The molecule has 16 heavy (non-hydrogen) atoms. The maximum absolute atomic E-state index is 4.49. The molecular formula is C12H16Br2N2. The second-order valence-electron chi connectivity index (χ2n) is 4.70. The highest BCUT2D eigenvalue weighted by Gasteiger charge is 2.26. The molecule has 0 aliphatic carbocycles. The molecule has 0 aromatic carbocycles. The Morgan fingerprint density at radius 1 is 1.44 bits per heavy atom. The molecular weight excluding hydrogens is 332 g/mol. The van der Waals surface area contributed by atoms with Gasteiger partial charge in [0.1, 0.15) is 5.82 Å². The fraction of sp³-hybridized carbons (Fsp3) is 0.583. The van der Waals surface area contributed by atoms with Crippen molar-refractivity contribution >= 4 is 37.7 Å². The maximum atomic E-state index is 4.49. The molecule has 0 amide bonds. The molecule has 0 bridgehead atoms. The fourth-order valence-corrected chi connectivity index (χ4v) is 3.40. The first-order valence-electron chi connectivity index (χ1n) is 5.64. The fourth-order valence-electron chi connectivity index (χ4n) is 2.16. The lowest BCUT2D eigenvalue weighted by atomic mass is 9.95. The van der Waals surface area contributed by atoms with Crippen LogP contribution in [0.1, 0.15) is 20.3 Å². The lowest BCUT2D eigenvalue weighted by Gasteiger charge is -2.20. The van der Waals surface area contributed by atoms with Gasteiger partial charge in [0.05, 0.1) is 4.47 Å². The minimum atomic E-state index is 0.763. The van der Waals surface area contributed by atoms with Gasteiger partial charge in [-0.2, -0.15) is 0 Å². The maximum Gasteiger partial charge on any atom is 0.142 e. The van der Waals surface area contributed by atoms with Crippen molar-refractivity contribution in [3.05, 3.63) is 21.2 Å². The van der Waals surface area contributed by atoms with Crippen molar-refractivity contribution in [1.82, 2.24) is 4.98 Å². The van der Waals surface area contributed by atoms with Crippen LogP contribution in [0.2, 0.25) is 0 Å². The van der Waals surface area contributed by atoms with Gasteiger partial charge in [-0.3, -0.25) is 0 Å². The zero-order valence-electron chi connectivity index (χ0n) is 9.58. The third-order valence-electron chi connectivity index (χ3n) is 3.26. The summed E-state index contributed by atoms with van der Waals surface area (Å²) >= 11 is 7.01. The molecule has 0 N–H and O–H groups in total. The summed E-state index contributed by atoms with van der Waals surface area (Å²) in [7, 11) is 0. The molecule has 1 atom stereocenters. The van der Waals surface area contributed by atoms with Gasteiger partial charge in [-0.05, 0) is 56.2 Å². The van der Waals surface area contributed by atoms with Gasteiger partial charge in [-0.15, -0.1) is 0 Å². The number of hydrogen-bond donors (Lipinski definition) is 0. The first kappa shape index (κ1) is 12.4. The molecule has 1 aromatic rings. The predicted octanol–water partition coefficient (Wildman–Crippen LogP) is 4.09. The van der Waals surface area contributed by atoms with Gasteiger partial charge in [0.2, 0.25) is 0 Å². The molecule has 88 valence electrons. The van der Waals surface area contributed by atoms with E-state index < -0.39 is 0 Å². The molecule has 2 heterocycles. The highest BCUT2D eigenvalue weighted by Crippen LogP contribution is 2.32. The highest BCUT2D eigenvalue weighted by atomic mass is 79.9. The lowest BCUT2D eigenvalue weighted by molar-refractivity contribution is 0.422. The summed E-state index contributed by atoms with van der Waals surface area (Å²) in [5.74, 6) is 2.64. The predicted molar refractivity (Wildman–Crippen MR) is 74.8 cm³/mol. The Labute approximate surface area is 114 Å². The van der Waals surface area contributed by atoms with Crippen molar-refractivity contribution in [2.45, 2.75) is 20.3 Å². The Kier molecular flexibility index (Phi) is 3.90. The minimum absolute atomic E-state index is 0.763. The van der Waals surface area contributed by atoms with Crippen molar-refractivity contribution < 1.29 is 0 Å². The van der Waals surface area contributed by atoms with Gasteiger partial charge in [0, 0.05) is 23.8 Å². The number of hydrogen-bond acceptors (Lipinski definition) is 2. The van der Waals surface area contributed by atoms with Crippen molar-refractivity contribution in [2.75, 3.05) is 18.0 Å². The van der Waals surface area contributed by atoms with E-state index in [9.17, 15) is 0 Å². The number of pyridine rings is 1. The van der Waals surface area contributed by atoms with Gasteiger partial charge in [0.25, 0.3) is 0 Å². The number of anilines is 1. The molecule has 0 radical (unpaired) electrons. The summed E-state index contributed by atoms with van der Waals surface area (Å²) in [4.78, 5) is 6.86. The molecule has 0 saturated carbocycles. The second kappa shape index (κ2) is 5.05. The molecule has 1 fully saturated rings. The van der Waals surface area contributed by atoms with Crippen LogP contribution < -0.4 is 4.90 Å². The van der Waals surface area contributed by atoms with Crippen molar-refractivity contribution in [2.24, 2.45) is 11.8 Å². The number of halogens is 2. The van der Waals surface area contributed by atoms with E-state index in [4.69, 9.17) is 0 Å². The van der Waals surface area contributed by atoms with Crippen LogP contribution in [0.15, 0.2) is 21.2 Å². The number of aromatic nitrogens is 1. The molecule has 1 saturated heterocycles. The Hall–Kier alpha value is -0.0900. The molecule has 2 nitrogen and oxygen atoms in total. The topological polar surface area (TPSA) is 16.1 Å². The van der Waals surface area contributed by atoms with Gasteiger partial charge < -0.3 is 4.90 Å². The first-order valence-corrected chi connectivity index (χ1v) is 7.22. The van der Waals surface area contributed by atoms with E-state index in [-0.39, 0.29) is 0 Å². The Morgan fingerprint density at radius 3 is 2.75 bits per heavy atom. The Balaban J connectivity index is 2.14. The zero-order valence-corrected chi connectivity index (χ0v) is 12.8. The largest absolute Gasteiger partial charge is 0.355 e. The Morgan fingerprint density at radius 2 is 2.19 bits per heavy atom. The highest BCUT2D eigenvalue weighted by molar-refractivity contribution is 9.11. The van der Waals surface area contributed by atoms with E-state index in [1.54, 1.807) is 0 Å².